The molecule has 2 aromatic rings. The Bertz CT molecular complexity index is 439. The van der Waals surface area contributed by atoms with Crippen LogP contribution in [0.3, 0.4) is 0 Å². The molecular formula is C13H15BrN2O. The largest absolute Gasteiger partial charge is 0.472 e. The Morgan fingerprint density at radius 3 is 2.88 bits per heavy atom. The van der Waals surface area contributed by atoms with Crippen molar-refractivity contribution in [1.29, 1.82) is 0 Å². The molecule has 90 valence electrons. The van der Waals surface area contributed by atoms with E-state index in [9.17, 15) is 0 Å². The molecule has 17 heavy (non-hydrogen) atoms. The average Bonchev–Trinajstić information content (AvgIpc) is 2.85. The van der Waals surface area contributed by atoms with Gasteiger partial charge in [-0.1, -0.05) is 6.92 Å². The van der Waals surface area contributed by atoms with Crippen molar-refractivity contribution in [2.45, 2.75) is 19.4 Å². The van der Waals surface area contributed by atoms with Gasteiger partial charge < -0.3 is 9.73 Å². The van der Waals surface area contributed by atoms with Crippen LogP contribution in [0.5, 0.6) is 0 Å². The molecule has 0 radical (unpaired) electrons. The minimum absolute atomic E-state index is 0.0989. The number of hydrogen-bond donors (Lipinski definition) is 1. The first-order chi connectivity index (χ1) is 8.31. The van der Waals surface area contributed by atoms with E-state index >= 15 is 0 Å². The summed E-state index contributed by atoms with van der Waals surface area (Å²) >= 11 is 3.39. The Morgan fingerprint density at radius 2 is 2.29 bits per heavy atom. The summed E-state index contributed by atoms with van der Waals surface area (Å²) in [5, 5.41) is 3.47. The predicted molar refractivity (Wildman–Crippen MR) is 70.8 cm³/mol. The number of aromatic nitrogens is 1. The molecule has 2 heterocycles. The third-order valence-corrected chi connectivity index (χ3v) is 2.99. The highest BCUT2D eigenvalue weighted by molar-refractivity contribution is 9.10. The van der Waals surface area contributed by atoms with Crippen LogP contribution in [-0.2, 0) is 0 Å². The molecule has 0 aliphatic rings. The molecular weight excluding hydrogens is 280 g/mol. The van der Waals surface area contributed by atoms with Crippen LogP contribution in [0.15, 0.2) is 45.8 Å². The van der Waals surface area contributed by atoms with Gasteiger partial charge in [-0.25, -0.2) is 0 Å². The van der Waals surface area contributed by atoms with Crippen molar-refractivity contribution in [3.8, 4) is 0 Å². The van der Waals surface area contributed by atoms with Crippen LogP contribution < -0.4 is 5.32 Å². The molecule has 1 N–H and O–H groups in total. The number of pyridine rings is 1. The smallest absolute Gasteiger partial charge is 0.0954 e. The van der Waals surface area contributed by atoms with Gasteiger partial charge >= 0.3 is 0 Å². The Kier molecular flexibility index (Phi) is 4.34. The maximum absolute atomic E-state index is 5.14. The van der Waals surface area contributed by atoms with Crippen LogP contribution in [0.1, 0.15) is 30.6 Å². The first-order valence-corrected chi connectivity index (χ1v) is 6.47. The van der Waals surface area contributed by atoms with Crippen LogP contribution in [0, 0.1) is 0 Å². The molecule has 0 saturated heterocycles. The van der Waals surface area contributed by atoms with Gasteiger partial charge in [-0.05, 0) is 47.1 Å². The number of rotatable bonds is 5. The highest BCUT2D eigenvalue weighted by Crippen LogP contribution is 2.21. The molecule has 0 aliphatic carbocycles. The SMILES string of the molecule is CCCNC(c1ccoc1)c1ccc(Br)cn1. The van der Waals surface area contributed by atoms with Crippen molar-refractivity contribution in [2.24, 2.45) is 0 Å². The van der Waals surface area contributed by atoms with Crippen molar-refractivity contribution in [3.05, 3.63) is 52.7 Å². The molecule has 0 bridgehead atoms. The van der Waals surface area contributed by atoms with Crippen molar-refractivity contribution < 1.29 is 4.42 Å². The molecule has 0 amide bonds. The number of halogens is 1. The van der Waals surface area contributed by atoms with Crippen molar-refractivity contribution in [1.82, 2.24) is 10.3 Å². The van der Waals surface area contributed by atoms with Gasteiger partial charge in [0, 0.05) is 16.2 Å². The molecule has 0 fully saturated rings. The van der Waals surface area contributed by atoms with E-state index in [2.05, 4.69) is 33.2 Å². The minimum Gasteiger partial charge on any atom is -0.472 e. The van der Waals surface area contributed by atoms with Gasteiger partial charge in [-0.2, -0.15) is 0 Å². The Morgan fingerprint density at radius 1 is 1.41 bits per heavy atom. The summed E-state index contributed by atoms with van der Waals surface area (Å²) < 4.78 is 6.13. The molecule has 3 nitrogen and oxygen atoms in total. The summed E-state index contributed by atoms with van der Waals surface area (Å²) in [4.78, 5) is 4.44. The minimum atomic E-state index is 0.0989. The fourth-order valence-electron chi connectivity index (χ4n) is 1.68. The zero-order valence-corrected chi connectivity index (χ0v) is 11.3. The van der Waals surface area contributed by atoms with E-state index in [0.29, 0.717) is 0 Å². The van der Waals surface area contributed by atoms with Gasteiger partial charge in [0.05, 0.1) is 24.3 Å². The van der Waals surface area contributed by atoms with E-state index in [1.807, 2.05) is 24.4 Å². The topological polar surface area (TPSA) is 38.1 Å². The van der Waals surface area contributed by atoms with Gasteiger partial charge in [0.15, 0.2) is 0 Å². The second-order valence-electron chi connectivity index (χ2n) is 3.85. The first-order valence-electron chi connectivity index (χ1n) is 5.68. The fourth-order valence-corrected chi connectivity index (χ4v) is 1.91. The molecule has 0 spiro atoms. The van der Waals surface area contributed by atoms with Crippen molar-refractivity contribution >= 4 is 15.9 Å². The zero-order valence-electron chi connectivity index (χ0n) is 9.69. The predicted octanol–water partition coefficient (Wildman–Crippen LogP) is 3.53. The Balaban J connectivity index is 2.23. The third-order valence-electron chi connectivity index (χ3n) is 2.52. The van der Waals surface area contributed by atoms with Crippen LogP contribution in [-0.4, -0.2) is 11.5 Å². The Labute approximate surface area is 109 Å². The quantitative estimate of drug-likeness (QED) is 0.917. The van der Waals surface area contributed by atoms with Crippen LogP contribution in [0.4, 0.5) is 0 Å². The number of hydrogen-bond acceptors (Lipinski definition) is 3. The van der Waals surface area contributed by atoms with Gasteiger partial charge in [0.2, 0.25) is 0 Å². The summed E-state index contributed by atoms with van der Waals surface area (Å²) in [6.07, 6.45) is 6.35. The molecule has 0 aromatic carbocycles. The standard InChI is InChI=1S/C13H15BrN2O/c1-2-6-15-13(10-5-7-17-9-10)12-4-3-11(14)8-16-12/h3-5,7-9,13,15H,2,6H2,1H3. The average molecular weight is 295 g/mol. The fraction of sp³-hybridized carbons (Fsp3) is 0.308. The van der Waals surface area contributed by atoms with Crippen LogP contribution in [0.25, 0.3) is 0 Å². The highest BCUT2D eigenvalue weighted by atomic mass is 79.9. The maximum atomic E-state index is 5.14. The van der Waals surface area contributed by atoms with E-state index in [1.54, 1.807) is 12.5 Å². The van der Waals surface area contributed by atoms with E-state index in [1.165, 1.54) is 0 Å². The molecule has 4 heteroatoms. The summed E-state index contributed by atoms with van der Waals surface area (Å²) in [7, 11) is 0. The maximum Gasteiger partial charge on any atom is 0.0954 e. The summed E-state index contributed by atoms with van der Waals surface area (Å²) in [5.74, 6) is 0. The third kappa shape index (κ3) is 3.17. The lowest BCUT2D eigenvalue weighted by Crippen LogP contribution is -2.23. The van der Waals surface area contributed by atoms with E-state index < -0.39 is 0 Å². The summed E-state index contributed by atoms with van der Waals surface area (Å²) in [6.45, 7) is 3.10. The van der Waals surface area contributed by atoms with Gasteiger partial charge in [-0.3, -0.25) is 4.98 Å². The highest BCUT2D eigenvalue weighted by Gasteiger charge is 2.15. The second kappa shape index (κ2) is 5.98. The van der Waals surface area contributed by atoms with Crippen molar-refractivity contribution in [2.75, 3.05) is 6.54 Å². The lowest BCUT2D eigenvalue weighted by molar-refractivity contribution is 0.544. The van der Waals surface area contributed by atoms with E-state index in [0.717, 1.165) is 28.7 Å². The molecule has 0 saturated carbocycles. The Hall–Kier alpha value is -1.13. The van der Waals surface area contributed by atoms with Crippen LogP contribution >= 0.6 is 15.9 Å². The molecule has 2 rings (SSSR count). The monoisotopic (exact) mass is 294 g/mol. The molecule has 1 unspecified atom stereocenters. The normalized spacial score (nSPS) is 12.6. The molecule has 0 aliphatic heterocycles. The van der Waals surface area contributed by atoms with Gasteiger partial charge in [0.25, 0.3) is 0 Å². The number of nitrogens with zero attached hydrogens (tertiary/aromatic N) is 1. The van der Waals surface area contributed by atoms with Gasteiger partial charge in [0.1, 0.15) is 0 Å². The van der Waals surface area contributed by atoms with E-state index in [4.69, 9.17) is 4.42 Å². The molecule has 1 atom stereocenters. The summed E-state index contributed by atoms with van der Waals surface area (Å²) in [6, 6.07) is 6.09. The number of furan rings is 1. The van der Waals surface area contributed by atoms with E-state index in [-0.39, 0.29) is 6.04 Å². The molecule has 2 aromatic heterocycles. The summed E-state index contributed by atoms with van der Waals surface area (Å²) in [5.41, 5.74) is 2.11. The lowest BCUT2D eigenvalue weighted by Gasteiger charge is -2.16. The first kappa shape index (κ1) is 12.3. The van der Waals surface area contributed by atoms with Gasteiger partial charge in [-0.15, -0.1) is 0 Å². The second-order valence-corrected chi connectivity index (χ2v) is 4.76. The zero-order chi connectivity index (χ0) is 12.1. The number of nitrogens with one attached hydrogen (secondary N) is 1. The lowest BCUT2D eigenvalue weighted by atomic mass is 10.1. The van der Waals surface area contributed by atoms with Crippen LogP contribution in [0.2, 0.25) is 0 Å². The van der Waals surface area contributed by atoms with Crippen molar-refractivity contribution in [3.63, 3.8) is 0 Å².